The summed E-state index contributed by atoms with van der Waals surface area (Å²) in [5, 5.41) is 40.1. The van der Waals surface area contributed by atoms with E-state index < -0.39 is 66.0 Å². The van der Waals surface area contributed by atoms with Gasteiger partial charge < -0.3 is 24.8 Å². The maximum Gasteiger partial charge on any atom is 0.194 e. The zero-order valence-corrected chi connectivity index (χ0v) is 22.5. The van der Waals surface area contributed by atoms with Gasteiger partial charge in [0.05, 0.1) is 19.4 Å². The number of aliphatic hydroxyl groups is 3. The van der Waals surface area contributed by atoms with Crippen molar-refractivity contribution in [1.29, 1.82) is 0 Å². The first-order chi connectivity index (χ1) is 18.8. The summed E-state index contributed by atoms with van der Waals surface area (Å²) in [5.74, 6) is -4.87. The van der Waals surface area contributed by atoms with Crippen LogP contribution in [0, 0.1) is 29.8 Å². The molecule has 1 saturated heterocycles. The van der Waals surface area contributed by atoms with Gasteiger partial charge in [-0.05, 0) is 24.6 Å². The number of ketones is 1. The second-order valence-electron chi connectivity index (χ2n) is 11.0. The maximum absolute atomic E-state index is 13.8. The quantitative estimate of drug-likeness (QED) is 0.357. The lowest BCUT2D eigenvalue weighted by Gasteiger charge is -2.45. The number of Topliss-reactive ketones (excluding diaryl/α,β-unsaturated/α-hetero) is 1. The lowest BCUT2D eigenvalue weighted by Crippen LogP contribution is -2.61. The minimum atomic E-state index is -1.64. The molecule has 0 radical (unpaired) electrons. The Morgan fingerprint density at radius 2 is 1.73 bits per heavy atom. The Balaban J connectivity index is 1.67. The monoisotopic (exact) mass is 563 g/mol. The summed E-state index contributed by atoms with van der Waals surface area (Å²) < 4.78 is 53.9. The molecule has 0 aliphatic carbocycles. The predicted octanol–water partition coefficient (Wildman–Crippen LogP) is 2.89. The molecular formula is C28H32F3N3O6. The number of aryl methyl sites for hydroxylation is 1. The van der Waals surface area contributed by atoms with E-state index in [1.54, 1.807) is 20.8 Å². The van der Waals surface area contributed by atoms with Crippen molar-refractivity contribution in [1.82, 2.24) is 15.0 Å². The van der Waals surface area contributed by atoms with E-state index in [-0.39, 0.29) is 23.6 Å². The Kier molecular flexibility index (Phi) is 8.76. The lowest BCUT2D eigenvalue weighted by molar-refractivity contribution is -0.236. The molecule has 0 amide bonds. The molecule has 0 saturated carbocycles. The van der Waals surface area contributed by atoms with Crippen LogP contribution in [-0.2, 0) is 20.9 Å². The van der Waals surface area contributed by atoms with Crippen LogP contribution in [0.25, 0.3) is 11.3 Å². The van der Waals surface area contributed by atoms with Crippen LogP contribution in [0.1, 0.15) is 37.9 Å². The maximum atomic E-state index is 13.8. The van der Waals surface area contributed by atoms with Crippen LogP contribution in [0.4, 0.5) is 13.2 Å². The highest BCUT2D eigenvalue weighted by Crippen LogP contribution is 2.35. The highest BCUT2D eigenvalue weighted by molar-refractivity contribution is 5.88. The Labute approximate surface area is 229 Å². The zero-order valence-electron chi connectivity index (χ0n) is 22.5. The minimum Gasteiger partial charge on any atom is -0.394 e. The van der Waals surface area contributed by atoms with Gasteiger partial charge in [-0.3, -0.25) is 4.79 Å². The van der Waals surface area contributed by atoms with Gasteiger partial charge in [0.1, 0.15) is 42.3 Å². The summed E-state index contributed by atoms with van der Waals surface area (Å²) in [6.07, 6.45) is -5.80. The molecule has 1 aromatic heterocycles. The van der Waals surface area contributed by atoms with Crippen molar-refractivity contribution in [2.24, 2.45) is 5.41 Å². The fourth-order valence-electron chi connectivity index (χ4n) is 4.57. The lowest BCUT2D eigenvalue weighted by atomic mass is 9.81. The van der Waals surface area contributed by atoms with E-state index in [4.69, 9.17) is 9.47 Å². The summed E-state index contributed by atoms with van der Waals surface area (Å²) in [7, 11) is 0. The Hall–Kier alpha value is -3.16. The van der Waals surface area contributed by atoms with Gasteiger partial charge in [0.15, 0.2) is 23.2 Å². The molecule has 216 valence electrons. The van der Waals surface area contributed by atoms with E-state index in [1.165, 1.54) is 6.20 Å². The number of carbonyl (C=O) groups excluding carboxylic acids is 1. The van der Waals surface area contributed by atoms with Crippen molar-refractivity contribution in [3.05, 3.63) is 71.2 Å². The van der Waals surface area contributed by atoms with Gasteiger partial charge in [0.25, 0.3) is 0 Å². The Bertz CT molecular complexity index is 1320. The van der Waals surface area contributed by atoms with Gasteiger partial charge in [-0.2, -0.15) is 0 Å². The Morgan fingerprint density at radius 1 is 1.10 bits per heavy atom. The highest BCUT2D eigenvalue weighted by Gasteiger charge is 2.51. The van der Waals surface area contributed by atoms with Crippen LogP contribution in [-0.4, -0.2) is 73.2 Å². The SMILES string of the molecule is Cc1ccc(CO[C@H](C(=O)C(C)(C)C)[C@@H]2OC(CO)[C@H](O)[C@H](n3cc(-c4cc(F)c(F)c(F)c4)nn3)C2O)cc1. The molecule has 1 aliphatic rings. The van der Waals surface area contributed by atoms with Crippen LogP contribution in [0.5, 0.6) is 0 Å². The van der Waals surface area contributed by atoms with E-state index in [1.807, 2.05) is 31.2 Å². The molecule has 1 fully saturated rings. The summed E-state index contributed by atoms with van der Waals surface area (Å²) in [5.41, 5.74) is 0.712. The molecule has 0 spiro atoms. The molecule has 9 nitrogen and oxygen atoms in total. The fourth-order valence-corrected chi connectivity index (χ4v) is 4.57. The fraction of sp³-hybridized carbons (Fsp3) is 0.464. The third-order valence-corrected chi connectivity index (χ3v) is 6.87. The van der Waals surface area contributed by atoms with E-state index in [9.17, 15) is 33.3 Å². The smallest absolute Gasteiger partial charge is 0.194 e. The molecular weight excluding hydrogens is 531 g/mol. The van der Waals surface area contributed by atoms with Crippen LogP contribution >= 0.6 is 0 Å². The van der Waals surface area contributed by atoms with Crippen LogP contribution in [0.2, 0.25) is 0 Å². The predicted molar refractivity (Wildman–Crippen MR) is 136 cm³/mol. The number of aliphatic hydroxyl groups excluding tert-OH is 3. The molecule has 4 rings (SSSR count). The van der Waals surface area contributed by atoms with Crippen molar-refractivity contribution >= 4 is 5.78 Å². The molecule has 3 N–H and O–H groups in total. The largest absolute Gasteiger partial charge is 0.394 e. The Morgan fingerprint density at radius 3 is 2.30 bits per heavy atom. The van der Waals surface area contributed by atoms with E-state index in [0.717, 1.165) is 27.9 Å². The molecule has 2 unspecified atom stereocenters. The number of carbonyl (C=O) groups is 1. The van der Waals surface area contributed by atoms with Gasteiger partial charge in [-0.25, -0.2) is 17.9 Å². The first-order valence-electron chi connectivity index (χ1n) is 12.7. The number of rotatable bonds is 8. The minimum absolute atomic E-state index is 0.0194. The number of nitrogens with zero attached hydrogens (tertiary/aromatic N) is 3. The standard InChI is InChI=1S/C28H32F3N3O6/c1-14-5-7-15(8-6-14)13-39-26(27(38)28(2,3)4)25-24(37)22(23(36)20(12-35)40-25)34-11-19(32-33-34)16-9-17(29)21(31)18(30)10-16/h5-11,20,22-26,35-37H,12-13H2,1-4H3/t20?,22-,23-,24?,25+,26-/m0/s1. The second kappa shape index (κ2) is 11.8. The molecule has 1 aliphatic heterocycles. The van der Waals surface area contributed by atoms with Gasteiger partial charge >= 0.3 is 0 Å². The normalized spacial score (nSPS) is 24.2. The van der Waals surface area contributed by atoms with Crippen molar-refractivity contribution in [2.45, 2.75) is 70.9 Å². The summed E-state index contributed by atoms with van der Waals surface area (Å²) >= 11 is 0. The third kappa shape index (κ3) is 6.11. The molecule has 40 heavy (non-hydrogen) atoms. The summed E-state index contributed by atoms with van der Waals surface area (Å²) in [6.45, 7) is 6.35. The number of hydrogen-bond acceptors (Lipinski definition) is 8. The average Bonchev–Trinajstić information content (AvgIpc) is 3.38. The van der Waals surface area contributed by atoms with Crippen molar-refractivity contribution in [3.8, 4) is 11.3 Å². The van der Waals surface area contributed by atoms with E-state index >= 15 is 0 Å². The topological polar surface area (TPSA) is 127 Å². The average molecular weight is 564 g/mol. The van der Waals surface area contributed by atoms with E-state index in [0.29, 0.717) is 0 Å². The number of hydrogen-bond donors (Lipinski definition) is 3. The van der Waals surface area contributed by atoms with Crippen LogP contribution in [0.3, 0.4) is 0 Å². The zero-order chi connectivity index (χ0) is 29.4. The van der Waals surface area contributed by atoms with Gasteiger partial charge in [-0.1, -0.05) is 55.8 Å². The van der Waals surface area contributed by atoms with E-state index in [2.05, 4.69) is 10.3 Å². The number of benzene rings is 2. The van der Waals surface area contributed by atoms with Crippen LogP contribution < -0.4 is 0 Å². The number of halogens is 3. The van der Waals surface area contributed by atoms with Gasteiger partial charge in [0.2, 0.25) is 0 Å². The van der Waals surface area contributed by atoms with Crippen molar-refractivity contribution in [2.75, 3.05) is 6.61 Å². The molecule has 0 bridgehead atoms. The summed E-state index contributed by atoms with van der Waals surface area (Å²) in [4.78, 5) is 13.5. The third-order valence-electron chi connectivity index (χ3n) is 6.87. The first kappa shape index (κ1) is 29.8. The molecule has 2 aromatic carbocycles. The molecule has 3 aromatic rings. The summed E-state index contributed by atoms with van der Waals surface area (Å²) in [6, 6.07) is 7.63. The number of ether oxygens (including phenoxy) is 2. The van der Waals surface area contributed by atoms with Gasteiger partial charge in [0, 0.05) is 11.0 Å². The highest BCUT2D eigenvalue weighted by atomic mass is 19.2. The van der Waals surface area contributed by atoms with Crippen LogP contribution in [0.15, 0.2) is 42.6 Å². The van der Waals surface area contributed by atoms with Crippen molar-refractivity contribution < 1.29 is 42.8 Å². The molecule has 2 heterocycles. The van der Waals surface area contributed by atoms with Gasteiger partial charge in [-0.15, -0.1) is 5.10 Å². The van der Waals surface area contributed by atoms with Crippen molar-refractivity contribution in [3.63, 3.8) is 0 Å². The second-order valence-corrected chi connectivity index (χ2v) is 11.0. The number of aromatic nitrogens is 3. The molecule has 12 heteroatoms. The first-order valence-corrected chi connectivity index (χ1v) is 12.7. The molecule has 6 atom stereocenters.